The SMILES string of the molecule is c1ccc(C[SiH2]O[SiH2]Cc2ccccc2)cc1. The second-order valence-electron chi connectivity index (χ2n) is 4.08. The van der Waals surface area contributed by atoms with E-state index in [0.717, 1.165) is 0 Å². The van der Waals surface area contributed by atoms with Gasteiger partial charge in [0.15, 0.2) is 0 Å². The van der Waals surface area contributed by atoms with Crippen molar-refractivity contribution in [2.24, 2.45) is 0 Å². The first-order chi connectivity index (χ1) is 8.45. The second kappa shape index (κ2) is 7.22. The fraction of sp³-hybridized carbons (Fsp3) is 0.143. The van der Waals surface area contributed by atoms with E-state index in [4.69, 9.17) is 4.12 Å². The van der Waals surface area contributed by atoms with Gasteiger partial charge in [0.25, 0.3) is 0 Å². The summed E-state index contributed by atoms with van der Waals surface area (Å²) in [6.07, 6.45) is 0. The van der Waals surface area contributed by atoms with Gasteiger partial charge in [0.1, 0.15) is 19.5 Å². The molecule has 0 aromatic heterocycles. The Morgan fingerprint density at radius 1 is 0.647 bits per heavy atom. The number of hydrogen-bond donors (Lipinski definition) is 0. The predicted octanol–water partition coefficient (Wildman–Crippen LogP) is 1.57. The highest BCUT2D eigenvalue weighted by Gasteiger charge is 1.95. The van der Waals surface area contributed by atoms with Gasteiger partial charge in [-0.15, -0.1) is 0 Å². The maximum absolute atomic E-state index is 5.92. The molecule has 2 aromatic rings. The fourth-order valence-corrected chi connectivity index (χ4v) is 4.88. The van der Waals surface area contributed by atoms with E-state index in [0.29, 0.717) is 0 Å². The summed E-state index contributed by atoms with van der Waals surface area (Å²) in [5.41, 5.74) is 2.85. The zero-order valence-corrected chi connectivity index (χ0v) is 12.8. The molecule has 0 radical (unpaired) electrons. The molecule has 0 spiro atoms. The molecule has 3 heteroatoms. The van der Waals surface area contributed by atoms with Gasteiger partial charge in [-0.1, -0.05) is 60.7 Å². The monoisotopic (exact) mass is 258 g/mol. The lowest BCUT2D eigenvalue weighted by molar-refractivity contribution is 0.633. The van der Waals surface area contributed by atoms with Crippen molar-refractivity contribution in [3.63, 3.8) is 0 Å². The summed E-state index contributed by atoms with van der Waals surface area (Å²) in [7, 11) is -0.682. The van der Waals surface area contributed by atoms with Crippen LogP contribution in [0.25, 0.3) is 0 Å². The van der Waals surface area contributed by atoms with Gasteiger partial charge in [0.2, 0.25) is 0 Å². The van der Waals surface area contributed by atoms with Gasteiger partial charge in [-0.05, 0) is 23.2 Å². The van der Waals surface area contributed by atoms with Crippen molar-refractivity contribution in [2.45, 2.75) is 12.1 Å². The molecular weight excluding hydrogens is 240 g/mol. The molecule has 88 valence electrons. The highest BCUT2D eigenvalue weighted by atomic mass is 28.3. The van der Waals surface area contributed by atoms with Crippen molar-refractivity contribution in [3.8, 4) is 0 Å². The van der Waals surface area contributed by atoms with Crippen molar-refractivity contribution in [3.05, 3.63) is 71.8 Å². The minimum absolute atomic E-state index is 0.341. The Balaban J connectivity index is 1.61. The lowest BCUT2D eigenvalue weighted by Crippen LogP contribution is -2.09. The van der Waals surface area contributed by atoms with E-state index in [2.05, 4.69) is 60.7 Å². The first-order valence-corrected chi connectivity index (χ1v) is 9.26. The summed E-state index contributed by atoms with van der Waals surface area (Å²) in [6.45, 7) is 0. The van der Waals surface area contributed by atoms with Crippen LogP contribution in [-0.4, -0.2) is 19.5 Å². The minimum Gasteiger partial charge on any atom is -0.465 e. The van der Waals surface area contributed by atoms with E-state index in [1.165, 1.54) is 23.2 Å². The molecule has 0 aliphatic heterocycles. The van der Waals surface area contributed by atoms with Crippen LogP contribution in [0.1, 0.15) is 11.1 Å². The molecule has 0 heterocycles. The fourth-order valence-electron chi connectivity index (χ4n) is 1.77. The summed E-state index contributed by atoms with van der Waals surface area (Å²) >= 11 is 0. The van der Waals surface area contributed by atoms with Crippen LogP contribution in [0.15, 0.2) is 60.7 Å². The number of rotatable bonds is 6. The van der Waals surface area contributed by atoms with E-state index in [1.807, 2.05) is 0 Å². The maximum Gasteiger partial charge on any atom is 0.150 e. The highest BCUT2D eigenvalue weighted by molar-refractivity contribution is 6.42. The second-order valence-corrected chi connectivity index (χ2v) is 7.53. The topological polar surface area (TPSA) is 9.23 Å². The number of benzene rings is 2. The maximum atomic E-state index is 5.92. The normalized spacial score (nSPS) is 11.8. The number of hydrogen-bond acceptors (Lipinski definition) is 1. The van der Waals surface area contributed by atoms with Crippen LogP contribution >= 0.6 is 0 Å². The third-order valence-electron chi connectivity index (χ3n) is 2.76. The predicted molar refractivity (Wildman–Crippen MR) is 78.5 cm³/mol. The Morgan fingerprint density at radius 3 is 1.47 bits per heavy atom. The summed E-state index contributed by atoms with van der Waals surface area (Å²) in [4.78, 5) is 0. The lowest BCUT2D eigenvalue weighted by atomic mass is 10.2. The van der Waals surface area contributed by atoms with Crippen molar-refractivity contribution < 1.29 is 4.12 Å². The molecule has 0 aliphatic carbocycles. The van der Waals surface area contributed by atoms with Crippen molar-refractivity contribution in [2.75, 3.05) is 0 Å². The molecule has 0 N–H and O–H groups in total. The van der Waals surface area contributed by atoms with Crippen LogP contribution in [0, 0.1) is 0 Å². The zero-order valence-electron chi connectivity index (χ0n) is 10.0. The van der Waals surface area contributed by atoms with Crippen molar-refractivity contribution >= 4 is 19.5 Å². The Labute approximate surface area is 108 Å². The van der Waals surface area contributed by atoms with E-state index in [-0.39, 0.29) is 19.5 Å². The van der Waals surface area contributed by atoms with Crippen LogP contribution < -0.4 is 0 Å². The molecule has 17 heavy (non-hydrogen) atoms. The van der Waals surface area contributed by atoms with Crippen LogP contribution in [0.5, 0.6) is 0 Å². The molecule has 0 saturated carbocycles. The van der Waals surface area contributed by atoms with Gasteiger partial charge in [0.05, 0.1) is 0 Å². The van der Waals surface area contributed by atoms with Gasteiger partial charge in [-0.3, -0.25) is 0 Å². The van der Waals surface area contributed by atoms with Crippen molar-refractivity contribution in [1.82, 2.24) is 0 Å². The molecule has 0 bridgehead atoms. The average molecular weight is 258 g/mol. The molecule has 2 aromatic carbocycles. The summed E-state index contributed by atoms with van der Waals surface area (Å²) < 4.78 is 5.92. The summed E-state index contributed by atoms with van der Waals surface area (Å²) in [5, 5.41) is 0. The molecule has 0 unspecified atom stereocenters. The Bertz CT molecular complexity index is 375. The molecule has 0 fully saturated rings. The van der Waals surface area contributed by atoms with Gasteiger partial charge in [0, 0.05) is 0 Å². The van der Waals surface area contributed by atoms with Gasteiger partial charge in [-0.25, -0.2) is 0 Å². The molecule has 1 nitrogen and oxygen atoms in total. The first kappa shape index (κ1) is 12.3. The molecular formula is C14H18OSi2. The highest BCUT2D eigenvalue weighted by Crippen LogP contribution is 2.00. The standard InChI is InChI=1S/C14H18OSi2/c1-3-7-13(8-4-1)11-16-15-17-12-14-9-5-2-6-10-14/h1-10H,11-12,16-17H2. The van der Waals surface area contributed by atoms with E-state index < -0.39 is 0 Å². The van der Waals surface area contributed by atoms with E-state index in [1.54, 1.807) is 0 Å². The molecule has 2 rings (SSSR count). The van der Waals surface area contributed by atoms with Crippen LogP contribution in [-0.2, 0) is 16.2 Å². The van der Waals surface area contributed by atoms with Gasteiger partial charge >= 0.3 is 0 Å². The third kappa shape index (κ3) is 4.69. The Kier molecular flexibility index (Phi) is 5.22. The van der Waals surface area contributed by atoms with Crippen LogP contribution in [0.3, 0.4) is 0 Å². The molecule has 0 saturated heterocycles. The summed E-state index contributed by atoms with van der Waals surface area (Å²) in [5.74, 6) is 0. The van der Waals surface area contributed by atoms with Crippen LogP contribution in [0.2, 0.25) is 0 Å². The summed E-state index contributed by atoms with van der Waals surface area (Å²) in [6, 6.07) is 23.6. The molecule has 0 amide bonds. The average Bonchev–Trinajstić information content (AvgIpc) is 2.41. The van der Waals surface area contributed by atoms with E-state index in [9.17, 15) is 0 Å². The van der Waals surface area contributed by atoms with E-state index >= 15 is 0 Å². The Morgan fingerprint density at radius 2 is 1.06 bits per heavy atom. The zero-order chi connectivity index (χ0) is 11.8. The molecule has 0 atom stereocenters. The molecule has 0 aliphatic rings. The first-order valence-electron chi connectivity index (χ1n) is 6.11. The van der Waals surface area contributed by atoms with Gasteiger partial charge in [-0.2, -0.15) is 0 Å². The smallest absolute Gasteiger partial charge is 0.150 e. The van der Waals surface area contributed by atoms with Crippen LogP contribution in [0.4, 0.5) is 0 Å². The van der Waals surface area contributed by atoms with Gasteiger partial charge < -0.3 is 4.12 Å². The van der Waals surface area contributed by atoms with Crippen molar-refractivity contribution in [1.29, 1.82) is 0 Å². The largest absolute Gasteiger partial charge is 0.465 e. The third-order valence-corrected chi connectivity index (χ3v) is 6.63. The quantitative estimate of drug-likeness (QED) is 0.564. The lowest BCUT2D eigenvalue weighted by Gasteiger charge is -2.04. The minimum atomic E-state index is -0.341. The Hall–Kier alpha value is -1.17.